The van der Waals surface area contributed by atoms with Gasteiger partial charge in [-0.15, -0.1) is 0 Å². The van der Waals surface area contributed by atoms with Crippen molar-refractivity contribution in [3.8, 4) is 5.75 Å². The van der Waals surface area contributed by atoms with E-state index < -0.39 is 10.1 Å². The molecular weight excluding hydrogens is 324 g/mol. The lowest BCUT2D eigenvalue weighted by Gasteiger charge is -2.10. The lowest BCUT2D eigenvalue weighted by atomic mass is 10.1. The Morgan fingerprint density at radius 3 is 2.59 bits per heavy atom. The SMILES string of the molecule is COS(=O)(=O)c1ccc(Cl)cc1.[2H]c1cccc2c1C=CCO2. The Bertz CT molecular complexity index is 801. The Balaban J connectivity index is 0.000000167. The van der Waals surface area contributed by atoms with Crippen molar-refractivity contribution in [2.75, 3.05) is 13.7 Å². The summed E-state index contributed by atoms with van der Waals surface area (Å²) in [5.74, 6) is 0.819. The minimum Gasteiger partial charge on any atom is -0.489 e. The molecule has 22 heavy (non-hydrogen) atoms. The Hall–Kier alpha value is -1.82. The van der Waals surface area contributed by atoms with E-state index in [0.717, 1.165) is 18.4 Å². The lowest BCUT2D eigenvalue weighted by molar-refractivity contribution is 0.358. The standard InChI is InChI=1S/C9H8O.C7H7ClO3S/c1-2-6-9-8(4-1)5-3-7-10-9;1-11-12(9,10)7-4-2-6(8)3-5-7/h1-6H,7H2;2-5H,1H3/i4D;. The average molecular weight is 340 g/mol. The zero-order chi connectivity index (χ0) is 16.9. The van der Waals surface area contributed by atoms with Crippen LogP contribution in [0, 0.1) is 0 Å². The van der Waals surface area contributed by atoms with Gasteiger partial charge in [-0.2, -0.15) is 8.42 Å². The van der Waals surface area contributed by atoms with Gasteiger partial charge >= 0.3 is 0 Å². The third-order valence-corrected chi connectivity index (χ3v) is 4.33. The molecule has 0 saturated carbocycles. The molecule has 3 rings (SSSR count). The van der Waals surface area contributed by atoms with Crippen LogP contribution in [0.25, 0.3) is 6.08 Å². The van der Waals surface area contributed by atoms with Crippen LogP contribution in [0.2, 0.25) is 5.02 Å². The topological polar surface area (TPSA) is 52.6 Å². The number of hydrogen-bond acceptors (Lipinski definition) is 4. The third-order valence-electron chi connectivity index (χ3n) is 2.79. The Labute approximate surface area is 136 Å². The quantitative estimate of drug-likeness (QED) is 0.781. The first-order valence-electron chi connectivity index (χ1n) is 6.89. The maximum atomic E-state index is 11.0. The molecule has 1 heterocycles. The number of rotatable bonds is 2. The lowest BCUT2D eigenvalue weighted by Crippen LogP contribution is -2.01. The molecule has 2 aromatic rings. The van der Waals surface area contributed by atoms with Crippen molar-refractivity contribution in [2.24, 2.45) is 0 Å². The summed E-state index contributed by atoms with van der Waals surface area (Å²) in [6.07, 6.45) is 3.85. The number of fused-ring (bicyclic) bond motifs is 1. The van der Waals surface area contributed by atoms with Gasteiger partial charge < -0.3 is 4.74 Å². The van der Waals surface area contributed by atoms with Gasteiger partial charge in [-0.05, 0) is 36.4 Å². The van der Waals surface area contributed by atoms with Gasteiger partial charge in [0.2, 0.25) is 0 Å². The summed E-state index contributed by atoms with van der Waals surface area (Å²) >= 11 is 5.57. The van der Waals surface area contributed by atoms with E-state index in [2.05, 4.69) is 4.18 Å². The van der Waals surface area contributed by atoms with Gasteiger partial charge in [-0.25, -0.2) is 0 Å². The fourth-order valence-corrected chi connectivity index (χ4v) is 2.48. The molecule has 0 bridgehead atoms. The number of benzene rings is 2. The van der Waals surface area contributed by atoms with E-state index in [9.17, 15) is 8.42 Å². The van der Waals surface area contributed by atoms with Crippen LogP contribution in [0.1, 0.15) is 6.93 Å². The summed E-state index contributed by atoms with van der Waals surface area (Å²) in [6, 6.07) is 11.8. The second-order valence-electron chi connectivity index (χ2n) is 4.24. The third kappa shape index (κ3) is 4.34. The smallest absolute Gasteiger partial charge is 0.296 e. The van der Waals surface area contributed by atoms with E-state index in [1.165, 1.54) is 24.3 Å². The minimum absolute atomic E-state index is 0.106. The van der Waals surface area contributed by atoms with E-state index in [-0.39, 0.29) is 4.90 Å². The zero-order valence-corrected chi connectivity index (χ0v) is 13.4. The molecule has 0 spiro atoms. The van der Waals surface area contributed by atoms with Crippen LogP contribution in [-0.4, -0.2) is 22.1 Å². The number of para-hydroxylation sites is 1. The van der Waals surface area contributed by atoms with E-state index in [1.54, 1.807) is 6.07 Å². The summed E-state index contributed by atoms with van der Waals surface area (Å²) < 4.78 is 39.2. The molecule has 0 unspecified atom stereocenters. The molecule has 4 nitrogen and oxygen atoms in total. The van der Waals surface area contributed by atoms with Crippen molar-refractivity contribution >= 4 is 27.8 Å². The molecule has 2 aromatic carbocycles. The van der Waals surface area contributed by atoms with Crippen LogP contribution in [-0.2, 0) is 14.3 Å². The van der Waals surface area contributed by atoms with Gasteiger partial charge in [0.1, 0.15) is 12.4 Å². The predicted molar refractivity (Wildman–Crippen MR) is 86.6 cm³/mol. The highest BCUT2D eigenvalue weighted by atomic mass is 35.5. The van der Waals surface area contributed by atoms with Crippen molar-refractivity contribution in [3.05, 3.63) is 65.2 Å². The molecule has 1 aliphatic heterocycles. The molecule has 6 heteroatoms. The molecule has 0 radical (unpaired) electrons. The Morgan fingerprint density at radius 2 is 1.95 bits per heavy atom. The van der Waals surface area contributed by atoms with E-state index in [1.807, 2.05) is 24.3 Å². The van der Waals surface area contributed by atoms with Crippen LogP contribution in [0.15, 0.2) is 59.5 Å². The molecule has 0 N–H and O–H groups in total. The van der Waals surface area contributed by atoms with Gasteiger partial charge in [-0.1, -0.05) is 35.9 Å². The van der Waals surface area contributed by atoms with Crippen LogP contribution < -0.4 is 4.74 Å². The van der Waals surface area contributed by atoms with Gasteiger partial charge in [0.25, 0.3) is 10.1 Å². The van der Waals surface area contributed by atoms with Crippen LogP contribution >= 0.6 is 11.6 Å². The maximum Gasteiger partial charge on any atom is 0.296 e. The van der Waals surface area contributed by atoms with Gasteiger partial charge in [0, 0.05) is 10.6 Å². The second-order valence-corrected chi connectivity index (χ2v) is 6.39. The van der Waals surface area contributed by atoms with Crippen molar-refractivity contribution in [3.63, 3.8) is 0 Å². The summed E-state index contributed by atoms with van der Waals surface area (Å²) in [5, 5.41) is 0.491. The summed E-state index contributed by atoms with van der Waals surface area (Å²) in [7, 11) is -2.46. The Kier molecular flexibility index (Phi) is 5.11. The summed E-state index contributed by atoms with van der Waals surface area (Å²) in [4.78, 5) is 0.106. The first kappa shape index (κ1) is 15.1. The molecule has 0 amide bonds. The molecule has 0 saturated heterocycles. The van der Waals surface area contributed by atoms with Gasteiger partial charge in [0.15, 0.2) is 0 Å². The highest BCUT2D eigenvalue weighted by molar-refractivity contribution is 7.86. The molecule has 0 aliphatic carbocycles. The molecule has 0 aromatic heterocycles. The van der Waals surface area contributed by atoms with Crippen molar-refractivity contribution in [2.45, 2.75) is 4.90 Å². The number of halogens is 1. The molecule has 0 atom stereocenters. The highest BCUT2D eigenvalue weighted by Gasteiger charge is 2.11. The van der Waals surface area contributed by atoms with Crippen molar-refractivity contribution < 1.29 is 18.7 Å². The predicted octanol–water partition coefficient (Wildman–Crippen LogP) is 3.77. The van der Waals surface area contributed by atoms with E-state index >= 15 is 0 Å². The number of ether oxygens (including phenoxy) is 1. The zero-order valence-electron chi connectivity index (χ0n) is 12.8. The highest BCUT2D eigenvalue weighted by Crippen LogP contribution is 2.21. The summed E-state index contributed by atoms with van der Waals surface area (Å²) in [6.45, 7) is 0.621. The van der Waals surface area contributed by atoms with E-state index in [0.29, 0.717) is 17.7 Å². The fraction of sp³-hybridized carbons (Fsp3) is 0.125. The monoisotopic (exact) mass is 339 g/mol. The first-order chi connectivity index (χ1) is 10.9. The molecule has 1 aliphatic rings. The van der Waals surface area contributed by atoms with Crippen molar-refractivity contribution in [1.82, 2.24) is 0 Å². The van der Waals surface area contributed by atoms with Gasteiger partial charge in [-0.3, -0.25) is 4.18 Å². The largest absolute Gasteiger partial charge is 0.489 e. The van der Waals surface area contributed by atoms with Crippen LogP contribution in [0.3, 0.4) is 0 Å². The number of hydrogen-bond donors (Lipinski definition) is 0. The van der Waals surface area contributed by atoms with Crippen LogP contribution in [0.5, 0.6) is 5.75 Å². The van der Waals surface area contributed by atoms with Crippen LogP contribution in [0.4, 0.5) is 0 Å². The fourth-order valence-electron chi connectivity index (χ4n) is 1.69. The molecule has 0 fully saturated rings. The van der Waals surface area contributed by atoms with Crippen molar-refractivity contribution in [1.29, 1.82) is 0 Å². The van der Waals surface area contributed by atoms with E-state index in [4.69, 9.17) is 17.7 Å². The molecular formula is C16H15ClO4S. The van der Waals surface area contributed by atoms with Gasteiger partial charge in [0.05, 0.1) is 13.4 Å². The Morgan fingerprint density at radius 1 is 1.23 bits per heavy atom. The normalized spacial score (nSPS) is 13.3. The average Bonchev–Trinajstić information content (AvgIpc) is 2.56. The first-order valence-corrected chi connectivity index (χ1v) is 8.18. The summed E-state index contributed by atoms with van der Waals surface area (Å²) in [5.41, 5.74) is 0.888. The maximum absolute atomic E-state index is 11.0. The second kappa shape index (κ2) is 7.45. The molecule has 116 valence electrons. The minimum atomic E-state index is -3.57.